The van der Waals surface area contributed by atoms with Gasteiger partial charge in [0, 0.05) is 48.8 Å². The van der Waals surface area contributed by atoms with Crippen molar-refractivity contribution in [2.75, 3.05) is 31.5 Å². The largest absolute Gasteiger partial charge is 0.345 e. The van der Waals surface area contributed by atoms with Gasteiger partial charge in [0.05, 0.1) is 6.54 Å². The molecule has 1 aromatic heterocycles. The van der Waals surface area contributed by atoms with E-state index in [4.69, 9.17) is 23.8 Å². The van der Waals surface area contributed by atoms with Crippen LogP contribution < -0.4 is 5.32 Å². The Morgan fingerprint density at radius 2 is 1.55 bits per heavy atom. The molecule has 0 aliphatic carbocycles. The molecule has 6 heteroatoms. The summed E-state index contributed by atoms with van der Waals surface area (Å²) in [6.45, 7) is 19.3. The molecule has 0 aliphatic heterocycles. The summed E-state index contributed by atoms with van der Waals surface area (Å²) in [4.78, 5) is 4.93. The second-order valence-corrected chi connectivity index (χ2v) is 12.2. The van der Waals surface area contributed by atoms with Gasteiger partial charge in [-0.2, -0.15) is 0 Å². The highest BCUT2D eigenvalue weighted by Crippen LogP contribution is 2.18. The topological polar surface area (TPSA) is 23.4 Å². The van der Waals surface area contributed by atoms with Crippen molar-refractivity contribution in [3.05, 3.63) is 88.2 Å². The lowest BCUT2D eigenvalue weighted by molar-refractivity contribution is 0.209. The van der Waals surface area contributed by atoms with Crippen LogP contribution in [0.3, 0.4) is 0 Å². The lowest BCUT2D eigenvalue weighted by Gasteiger charge is -2.30. The van der Waals surface area contributed by atoms with Gasteiger partial charge in [-0.05, 0) is 104 Å². The molecule has 0 amide bonds. The highest BCUT2D eigenvalue weighted by Gasteiger charge is 2.16. The van der Waals surface area contributed by atoms with E-state index in [1.54, 1.807) is 0 Å². The third-order valence-electron chi connectivity index (χ3n) is 6.45. The molecule has 206 valence electrons. The number of halogens is 1. The first-order valence-electron chi connectivity index (χ1n) is 13.8. The first kappa shape index (κ1) is 30.2. The van der Waals surface area contributed by atoms with Crippen LogP contribution in [0.4, 0.5) is 5.69 Å². The van der Waals surface area contributed by atoms with Crippen LogP contribution in [0.25, 0.3) is 0 Å². The molecule has 3 rings (SSSR count). The second kappa shape index (κ2) is 14.7. The lowest BCUT2D eigenvalue weighted by Crippen LogP contribution is -2.38. The number of nitrogens with one attached hydrogen (secondary N) is 1. The molecule has 3 aromatic rings. The molecule has 1 N–H and O–H groups in total. The highest BCUT2D eigenvalue weighted by molar-refractivity contribution is 7.80. The molecule has 38 heavy (non-hydrogen) atoms. The van der Waals surface area contributed by atoms with Gasteiger partial charge in [0.1, 0.15) is 0 Å². The Morgan fingerprint density at radius 1 is 0.921 bits per heavy atom. The molecule has 0 atom stereocenters. The maximum absolute atomic E-state index is 6.10. The minimum Gasteiger partial charge on any atom is -0.345 e. The van der Waals surface area contributed by atoms with Gasteiger partial charge in [-0.25, -0.2) is 0 Å². The summed E-state index contributed by atoms with van der Waals surface area (Å²) in [6.07, 6.45) is 3.21. The zero-order valence-electron chi connectivity index (χ0n) is 24.0. The molecule has 1 heterocycles. The van der Waals surface area contributed by atoms with Crippen LogP contribution in [-0.4, -0.2) is 45.7 Å². The van der Waals surface area contributed by atoms with Crippen molar-refractivity contribution in [2.24, 2.45) is 11.8 Å². The minimum atomic E-state index is 0.660. The molecule has 0 saturated carbocycles. The molecular weight excluding hydrogens is 508 g/mol. The fourth-order valence-corrected chi connectivity index (χ4v) is 5.41. The summed E-state index contributed by atoms with van der Waals surface area (Å²) in [5.74, 6) is 1.32. The Hall–Kier alpha value is -2.34. The number of rotatable bonds is 13. The summed E-state index contributed by atoms with van der Waals surface area (Å²) < 4.78 is 2.31. The van der Waals surface area contributed by atoms with E-state index >= 15 is 0 Å². The summed E-state index contributed by atoms with van der Waals surface area (Å²) in [6, 6.07) is 18.9. The zero-order valence-corrected chi connectivity index (χ0v) is 25.6. The van der Waals surface area contributed by atoms with Crippen LogP contribution in [0, 0.1) is 25.7 Å². The number of anilines is 1. The summed E-state index contributed by atoms with van der Waals surface area (Å²) in [7, 11) is 0. The lowest BCUT2D eigenvalue weighted by atomic mass is 10.1. The van der Waals surface area contributed by atoms with E-state index in [9.17, 15) is 0 Å². The van der Waals surface area contributed by atoms with Crippen molar-refractivity contribution in [3.63, 3.8) is 0 Å². The van der Waals surface area contributed by atoms with Crippen molar-refractivity contribution in [3.8, 4) is 0 Å². The van der Waals surface area contributed by atoms with E-state index in [-0.39, 0.29) is 0 Å². The maximum Gasteiger partial charge on any atom is 0.173 e. The average molecular weight is 553 g/mol. The average Bonchev–Trinajstić information content (AvgIpc) is 3.24. The van der Waals surface area contributed by atoms with Gasteiger partial charge in [0.2, 0.25) is 0 Å². The van der Waals surface area contributed by atoms with Gasteiger partial charge >= 0.3 is 0 Å². The summed E-state index contributed by atoms with van der Waals surface area (Å²) in [5.41, 5.74) is 5.99. The van der Waals surface area contributed by atoms with Gasteiger partial charge in [0.25, 0.3) is 0 Å². The van der Waals surface area contributed by atoms with E-state index in [1.807, 2.05) is 12.1 Å². The molecule has 4 nitrogen and oxygen atoms in total. The van der Waals surface area contributed by atoms with E-state index in [1.165, 1.54) is 22.4 Å². The minimum absolute atomic E-state index is 0.660. The van der Waals surface area contributed by atoms with E-state index in [2.05, 4.69) is 110 Å². The first-order chi connectivity index (χ1) is 18.1. The molecule has 0 spiro atoms. The van der Waals surface area contributed by atoms with E-state index in [0.29, 0.717) is 11.8 Å². The molecule has 2 aromatic carbocycles. The number of hydrogen-bond acceptors (Lipinski definition) is 2. The Balaban J connectivity index is 1.75. The number of nitrogens with zero attached hydrogens (tertiary/aromatic N) is 3. The van der Waals surface area contributed by atoms with Crippen molar-refractivity contribution in [2.45, 2.75) is 61.1 Å². The zero-order chi connectivity index (χ0) is 27.7. The fraction of sp³-hybridized carbons (Fsp3) is 0.469. The van der Waals surface area contributed by atoms with E-state index in [0.717, 1.165) is 61.5 Å². The third-order valence-corrected chi connectivity index (χ3v) is 7.06. The quantitative estimate of drug-likeness (QED) is 0.217. The van der Waals surface area contributed by atoms with Gasteiger partial charge < -0.3 is 19.7 Å². The maximum atomic E-state index is 6.10. The first-order valence-corrected chi connectivity index (χ1v) is 14.6. The van der Waals surface area contributed by atoms with Crippen LogP contribution in [0.1, 0.15) is 56.5 Å². The molecule has 0 aliphatic rings. The van der Waals surface area contributed by atoms with Crippen LogP contribution in [0.5, 0.6) is 0 Å². The van der Waals surface area contributed by atoms with Gasteiger partial charge in [-0.15, -0.1) is 0 Å². The number of hydrogen-bond donors (Lipinski definition) is 1. The van der Waals surface area contributed by atoms with Crippen LogP contribution in [0.15, 0.2) is 60.8 Å². The third kappa shape index (κ3) is 10.1. The second-order valence-electron chi connectivity index (χ2n) is 11.4. The molecule has 0 fully saturated rings. The van der Waals surface area contributed by atoms with Crippen LogP contribution in [-0.2, 0) is 13.1 Å². The predicted molar refractivity (Wildman–Crippen MR) is 168 cm³/mol. The van der Waals surface area contributed by atoms with Crippen molar-refractivity contribution in [1.29, 1.82) is 0 Å². The predicted octanol–water partition coefficient (Wildman–Crippen LogP) is 8.01. The highest BCUT2D eigenvalue weighted by atomic mass is 35.5. The molecule has 0 saturated heterocycles. The molecule has 0 radical (unpaired) electrons. The normalized spacial score (nSPS) is 11.5. The van der Waals surface area contributed by atoms with Crippen molar-refractivity contribution < 1.29 is 0 Å². The van der Waals surface area contributed by atoms with Crippen LogP contribution >= 0.6 is 23.8 Å². The summed E-state index contributed by atoms with van der Waals surface area (Å²) >= 11 is 12.1. The molecule has 0 bridgehead atoms. The van der Waals surface area contributed by atoms with Gasteiger partial charge in [0.15, 0.2) is 5.11 Å². The summed E-state index contributed by atoms with van der Waals surface area (Å²) in [5, 5.41) is 5.07. The smallest absolute Gasteiger partial charge is 0.173 e. The molecule has 0 unspecified atom stereocenters. The van der Waals surface area contributed by atoms with Crippen molar-refractivity contribution >= 4 is 34.6 Å². The SMILES string of the molecule is Cc1cc(C)cc(NC(=S)N(CCCN(CC(C)C)CC(C)C)Cc2cccn2Cc2ccc(Cl)cc2)c1. The Labute approximate surface area is 241 Å². The molecular formula is C32H45ClN4S. The Morgan fingerprint density at radius 3 is 2.16 bits per heavy atom. The van der Waals surface area contributed by atoms with Crippen LogP contribution in [0.2, 0.25) is 5.02 Å². The fourth-order valence-electron chi connectivity index (χ4n) is 5.01. The van der Waals surface area contributed by atoms with Crippen molar-refractivity contribution in [1.82, 2.24) is 14.4 Å². The number of benzene rings is 2. The number of aromatic nitrogens is 1. The Kier molecular flexibility index (Phi) is 11.7. The number of thiocarbonyl (C=S) groups is 1. The standard InChI is InChI=1S/C32H45ClN4S/c1-24(2)20-35(21-25(3)4)14-8-16-37(32(38)34-30-18-26(5)17-27(6)19-30)23-31-9-7-15-36(31)22-28-10-12-29(33)13-11-28/h7,9-13,15,17-19,24-25H,8,14,16,20-23H2,1-6H3,(H,34,38). The monoisotopic (exact) mass is 552 g/mol. The number of aryl methyl sites for hydroxylation is 2. The van der Waals surface area contributed by atoms with Gasteiger partial charge in [-0.1, -0.05) is 57.5 Å². The Bertz CT molecular complexity index is 1120. The van der Waals surface area contributed by atoms with Gasteiger partial charge in [-0.3, -0.25) is 0 Å². The van der Waals surface area contributed by atoms with E-state index < -0.39 is 0 Å².